The number of hydrogen-bond acceptors (Lipinski definition) is 4. The molecule has 1 aromatic rings. The van der Waals surface area contributed by atoms with Gasteiger partial charge in [-0.3, -0.25) is 0 Å². The van der Waals surface area contributed by atoms with E-state index in [1.54, 1.807) is 6.92 Å². The maximum atomic E-state index is 12.7. The number of carbonyl (C=O) groups excluding carboxylic acids is 1. The molecule has 0 atom stereocenters. The smallest absolute Gasteiger partial charge is 0.409 e. The fourth-order valence-electron chi connectivity index (χ4n) is 2.23. The molecule has 1 heterocycles. The van der Waals surface area contributed by atoms with Gasteiger partial charge in [0.25, 0.3) is 0 Å². The van der Waals surface area contributed by atoms with Crippen molar-refractivity contribution in [2.24, 2.45) is 0 Å². The predicted octanol–water partition coefficient (Wildman–Crippen LogP) is 3.11. The second-order valence-corrected chi connectivity index (χ2v) is 7.91. The van der Waals surface area contributed by atoms with E-state index < -0.39 is 16.1 Å². The van der Waals surface area contributed by atoms with Gasteiger partial charge < -0.3 is 9.64 Å². The van der Waals surface area contributed by atoms with Crippen molar-refractivity contribution in [1.29, 1.82) is 0 Å². The highest BCUT2D eigenvalue weighted by Crippen LogP contribution is 2.34. The van der Waals surface area contributed by atoms with E-state index in [4.69, 9.17) is 39.5 Å². The van der Waals surface area contributed by atoms with Crippen molar-refractivity contribution in [3.05, 3.63) is 27.2 Å². The first-order chi connectivity index (χ1) is 10.8. The van der Waals surface area contributed by atoms with Crippen LogP contribution in [0.25, 0.3) is 0 Å². The molecule has 10 heteroatoms. The summed E-state index contributed by atoms with van der Waals surface area (Å²) in [5, 5.41) is 0.191. The van der Waals surface area contributed by atoms with Crippen molar-refractivity contribution >= 4 is 50.9 Å². The van der Waals surface area contributed by atoms with Gasteiger partial charge >= 0.3 is 6.09 Å². The van der Waals surface area contributed by atoms with E-state index in [0.717, 1.165) is 0 Å². The van der Waals surface area contributed by atoms with Gasteiger partial charge in [0.15, 0.2) is 0 Å². The number of nitrogens with zero attached hydrogens (tertiary/aromatic N) is 2. The third kappa shape index (κ3) is 4.03. The van der Waals surface area contributed by atoms with Crippen molar-refractivity contribution in [3.63, 3.8) is 0 Å². The number of amides is 1. The summed E-state index contributed by atoms with van der Waals surface area (Å²) in [6, 6.07) is 2.66. The van der Waals surface area contributed by atoms with Gasteiger partial charge in [-0.05, 0) is 19.1 Å². The summed E-state index contributed by atoms with van der Waals surface area (Å²) in [4.78, 5) is 12.9. The van der Waals surface area contributed by atoms with E-state index in [-0.39, 0.29) is 52.7 Å². The summed E-state index contributed by atoms with van der Waals surface area (Å²) in [6.45, 7) is 2.73. The first-order valence-electron chi connectivity index (χ1n) is 6.83. The van der Waals surface area contributed by atoms with E-state index in [0.29, 0.717) is 0 Å². The molecule has 6 nitrogen and oxygen atoms in total. The molecule has 1 aliphatic heterocycles. The molecule has 0 spiro atoms. The van der Waals surface area contributed by atoms with Gasteiger partial charge in [-0.25, -0.2) is 13.2 Å². The van der Waals surface area contributed by atoms with Crippen LogP contribution in [0.3, 0.4) is 0 Å². The zero-order chi connectivity index (χ0) is 17.2. The number of carbonyl (C=O) groups is 1. The largest absolute Gasteiger partial charge is 0.450 e. The highest BCUT2D eigenvalue weighted by Gasteiger charge is 2.33. The summed E-state index contributed by atoms with van der Waals surface area (Å²) < 4.78 is 31.6. The van der Waals surface area contributed by atoms with Crippen LogP contribution in [0.2, 0.25) is 15.1 Å². The molecular weight excluding hydrogens is 387 g/mol. The molecule has 0 N–H and O–H groups in total. The quantitative estimate of drug-likeness (QED) is 0.780. The minimum Gasteiger partial charge on any atom is -0.450 e. The van der Waals surface area contributed by atoms with Gasteiger partial charge in [0.2, 0.25) is 10.0 Å². The maximum Gasteiger partial charge on any atom is 0.409 e. The molecule has 1 saturated heterocycles. The van der Waals surface area contributed by atoms with Crippen molar-refractivity contribution in [3.8, 4) is 0 Å². The van der Waals surface area contributed by atoms with Gasteiger partial charge in [-0.1, -0.05) is 34.8 Å². The lowest BCUT2D eigenvalue weighted by Gasteiger charge is -2.33. The maximum absolute atomic E-state index is 12.7. The third-order valence-electron chi connectivity index (χ3n) is 3.33. The van der Waals surface area contributed by atoms with Crippen LogP contribution in [0.5, 0.6) is 0 Å². The minimum atomic E-state index is -3.87. The lowest BCUT2D eigenvalue weighted by molar-refractivity contribution is 0.0934. The Balaban J connectivity index is 2.19. The predicted molar refractivity (Wildman–Crippen MR) is 88.8 cm³/mol. The van der Waals surface area contributed by atoms with Crippen LogP contribution in [-0.4, -0.2) is 56.5 Å². The Morgan fingerprint density at radius 2 is 1.65 bits per heavy atom. The SMILES string of the molecule is CCOC(=O)N1CCN(S(=O)(=O)c2c(Cl)cc(Cl)cc2Cl)CC1. The Labute approximate surface area is 149 Å². The van der Waals surface area contributed by atoms with Crippen LogP contribution in [0.1, 0.15) is 6.92 Å². The van der Waals surface area contributed by atoms with E-state index in [1.807, 2.05) is 0 Å². The topological polar surface area (TPSA) is 66.9 Å². The molecule has 0 radical (unpaired) electrons. The number of halogens is 3. The number of piperazine rings is 1. The Hall–Kier alpha value is -0.730. The summed E-state index contributed by atoms with van der Waals surface area (Å²) in [7, 11) is -3.87. The average molecular weight is 402 g/mol. The Morgan fingerprint density at radius 3 is 2.13 bits per heavy atom. The lowest BCUT2D eigenvalue weighted by Crippen LogP contribution is -2.50. The average Bonchev–Trinajstić information content (AvgIpc) is 2.46. The van der Waals surface area contributed by atoms with Crippen molar-refractivity contribution < 1.29 is 17.9 Å². The normalized spacial score (nSPS) is 16.4. The highest BCUT2D eigenvalue weighted by molar-refractivity contribution is 7.89. The lowest BCUT2D eigenvalue weighted by atomic mass is 10.4. The Bertz CT molecular complexity index is 680. The van der Waals surface area contributed by atoms with Gasteiger partial charge in [0.1, 0.15) is 4.90 Å². The first-order valence-corrected chi connectivity index (χ1v) is 9.41. The van der Waals surface area contributed by atoms with Crippen LogP contribution >= 0.6 is 34.8 Å². The molecule has 2 rings (SSSR count). The molecule has 0 bridgehead atoms. The van der Waals surface area contributed by atoms with Crippen molar-refractivity contribution in [1.82, 2.24) is 9.21 Å². The van der Waals surface area contributed by atoms with Crippen molar-refractivity contribution in [2.45, 2.75) is 11.8 Å². The van der Waals surface area contributed by atoms with Gasteiger partial charge in [-0.2, -0.15) is 4.31 Å². The molecule has 128 valence electrons. The van der Waals surface area contributed by atoms with Gasteiger partial charge in [-0.15, -0.1) is 0 Å². The number of rotatable bonds is 3. The van der Waals surface area contributed by atoms with Crippen LogP contribution in [0.4, 0.5) is 4.79 Å². The zero-order valence-electron chi connectivity index (χ0n) is 12.3. The Kier molecular flexibility index (Phi) is 6.02. The first kappa shape index (κ1) is 18.6. The number of ether oxygens (including phenoxy) is 1. The monoisotopic (exact) mass is 400 g/mol. The molecule has 0 aliphatic carbocycles. The second-order valence-electron chi connectivity index (χ2n) is 4.79. The number of benzene rings is 1. The standard InChI is InChI=1S/C13H15Cl3N2O4S/c1-2-22-13(19)17-3-5-18(6-4-17)23(20,21)12-10(15)7-9(14)8-11(12)16/h7-8H,2-6H2,1H3. The molecule has 1 amide bonds. The van der Waals surface area contributed by atoms with E-state index >= 15 is 0 Å². The second kappa shape index (κ2) is 7.44. The van der Waals surface area contributed by atoms with E-state index in [1.165, 1.54) is 21.3 Å². The minimum absolute atomic E-state index is 0.0321. The van der Waals surface area contributed by atoms with Crippen LogP contribution in [0.15, 0.2) is 17.0 Å². The number of hydrogen-bond donors (Lipinski definition) is 0. The fourth-order valence-corrected chi connectivity index (χ4v) is 5.15. The zero-order valence-corrected chi connectivity index (χ0v) is 15.3. The summed E-state index contributed by atoms with van der Waals surface area (Å²) in [6.07, 6.45) is -0.452. The molecular formula is C13H15Cl3N2O4S. The van der Waals surface area contributed by atoms with Gasteiger partial charge in [0, 0.05) is 31.2 Å². The van der Waals surface area contributed by atoms with E-state index in [2.05, 4.69) is 0 Å². The van der Waals surface area contributed by atoms with Crippen LogP contribution in [-0.2, 0) is 14.8 Å². The number of sulfonamides is 1. The summed E-state index contributed by atoms with van der Waals surface area (Å²) in [5.41, 5.74) is 0. The molecule has 1 aliphatic rings. The molecule has 0 unspecified atom stereocenters. The fraction of sp³-hybridized carbons (Fsp3) is 0.462. The van der Waals surface area contributed by atoms with Crippen LogP contribution in [0, 0.1) is 0 Å². The Morgan fingerprint density at radius 1 is 1.13 bits per heavy atom. The third-order valence-corrected chi connectivity index (χ3v) is 6.36. The summed E-state index contributed by atoms with van der Waals surface area (Å²) in [5.74, 6) is 0. The molecule has 1 aromatic carbocycles. The molecule has 0 aromatic heterocycles. The molecule has 0 saturated carbocycles. The highest BCUT2D eigenvalue weighted by atomic mass is 35.5. The molecule has 1 fully saturated rings. The van der Waals surface area contributed by atoms with Crippen LogP contribution < -0.4 is 0 Å². The molecule has 23 heavy (non-hydrogen) atoms. The van der Waals surface area contributed by atoms with Gasteiger partial charge in [0.05, 0.1) is 16.7 Å². The van der Waals surface area contributed by atoms with Crippen molar-refractivity contribution in [2.75, 3.05) is 32.8 Å². The van der Waals surface area contributed by atoms with E-state index in [9.17, 15) is 13.2 Å². The summed E-state index contributed by atoms with van der Waals surface area (Å²) >= 11 is 17.8.